The molecule has 15 heavy (non-hydrogen) atoms. The first-order chi connectivity index (χ1) is 7.15. The van der Waals surface area contributed by atoms with Crippen molar-refractivity contribution >= 4 is 12.6 Å². The summed E-state index contributed by atoms with van der Waals surface area (Å²) in [6.45, 7) is -2.88. The maximum Gasteiger partial charge on any atom is 0.387 e. The number of hydrogen-bond acceptors (Lipinski definition) is 3. The molecule has 0 aromatic heterocycles. The number of hydrogen-bond donors (Lipinski definition) is 1. The molecule has 0 bridgehead atoms. The van der Waals surface area contributed by atoms with Crippen molar-refractivity contribution in [3.63, 3.8) is 0 Å². The van der Waals surface area contributed by atoms with Gasteiger partial charge in [-0.2, -0.15) is 14.0 Å². The third kappa shape index (κ3) is 3.40. The molecule has 0 amide bonds. The molecule has 2 nitrogen and oxygen atoms in total. The van der Waals surface area contributed by atoms with Crippen LogP contribution in [0.1, 0.15) is 12.0 Å². The van der Waals surface area contributed by atoms with Crippen molar-refractivity contribution < 1.29 is 13.5 Å². The van der Waals surface area contributed by atoms with Crippen molar-refractivity contribution in [2.75, 3.05) is 0 Å². The number of para-hydroxylation sites is 1. The second-order valence-corrected chi connectivity index (χ2v) is 3.28. The second kappa shape index (κ2) is 5.56. The standard InChI is InChI=1S/C10H9F2NOS/c11-10(12)14-9-7(4-2-6-13)3-1-5-8(9)15/h1,3,5,10,15H,2,4H2. The van der Waals surface area contributed by atoms with Crippen molar-refractivity contribution in [3.8, 4) is 11.8 Å². The van der Waals surface area contributed by atoms with Gasteiger partial charge in [0.2, 0.25) is 0 Å². The van der Waals surface area contributed by atoms with Crippen LogP contribution in [0.4, 0.5) is 8.78 Å². The number of nitriles is 1. The molecule has 0 fully saturated rings. The van der Waals surface area contributed by atoms with Crippen LogP contribution in [0, 0.1) is 11.3 Å². The highest BCUT2D eigenvalue weighted by Gasteiger charge is 2.12. The molecule has 0 radical (unpaired) electrons. The van der Waals surface area contributed by atoms with Crippen molar-refractivity contribution in [2.45, 2.75) is 24.3 Å². The van der Waals surface area contributed by atoms with E-state index in [0.29, 0.717) is 16.9 Å². The Labute approximate surface area is 91.9 Å². The zero-order chi connectivity index (χ0) is 11.3. The van der Waals surface area contributed by atoms with Crippen molar-refractivity contribution in [3.05, 3.63) is 23.8 Å². The van der Waals surface area contributed by atoms with Gasteiger partial charge in [0.05, 0.1) is 6.07 Å². The lowest BCUT2D eigenvalue weighted by Gasteiger charge is -2.11. The average Bonchev–Trinajstić information content (AvgIpc) is 2.18. The number of halogens is 2. The molecule has 0 N–H and O–H groups in total. The minimum atomic E-state index is -2.88. The van der Waals surface area contributed by atoms with E-state index in [-0.39, 0.29) is 12.2 Å². The quantitative estimate of drug-likeness (QED) is 0.805. The van der Waals surface area contributed by atoms with Gasteiger partial charge in [0.15, 0.2) is 0 Å². The molecular formula is C10H9F2NOS. The molecule has 0 unspecified atom stereocenters. The van der Waals surface area contributed by atoms with Gasteiger partial charge in [-0.25, -0.2) is 0 Å². The fourth-order valence-electron chi connectivity index (χ4n) is 1.18. The third-order valence-corrected chi connectivity index (χ3v) is 2.14. The topological polar surface area (TPSA) is 33.0 Å². The Morgan fingerprint density at radius 2 is 2.20 bits per heavy atom. The van der Waals surface area contributed by atoms with Crippen LogP contribution in [0.3, 0.4) is 0 Å². The van der Waals surface area contributed by atoms with Gasteiger partial charge >= 0.3 is 6.61 Å². The Morgan fingerprint density at radius 3 is 2.80 bits per heavy atom. The first-order valence-electron chi connectivity index (χ1n) is 4.27. The van der Waals surface area contributed by atoms with Crippen LogP contribution in [0.15, 0.2) is 23.1 Å². The molecule has 0 saturated heterocycles. The third-order valence-electron chi connectivity index (χ3n) is 1.79. The summed E-state index contributed by atoms with van der Waals surface area (Å²) in [6.07, 6.45) is 0.643. The lowest BCUT2D eigenvalue weighted by atomic mass is 10.1. The summed E-state index contributed by atoms with van der Waals surface area (Å²) in [7, 11) is 0. The Hall–Kier alpha value is -1.28. The maximum absolute atomic E-state index is 12.1. The summed E-state index contributed by atoms with van der Waals surface area (Å²) < 4.78 is 28.5. The molecule has 0 aliphatic heterocycles. The Morgan fingerprint density at radius 1 is 1.47 bits per heavy atom. The van der Waals surface area contributed by atoms with Crippen molar-refractivity contribution in [1.82, 2.24) is 0 Å². The number of nitrogens with zero attached hydrogens (tertiary/aromatic N) is 1. The van der Waals surface area contributed by atoms with Gasteiger partial charge in [-0.3, -0.25) is 0 Å². The van der Waals surface area contributed by atoms with Crippen LogP contribution in [-0.4, -0.2) is 6.61 Å². The summed E-state index contributed by atoms with van der Waals surface area (Å²) in [5.74, 6) is 0.0612. The smallest absolute Gasteiger partial charge is 0.387 e. The summed E-state index contributed by atoms with van der Waals surface area (Å²) >= 11 is 4.02. The highest BCUT2D eigenvalue weighted by molar-refractivity contribution is 7.80. The molecular weight excluding hydrogens is 220 g/mol. The van der Waals surface area contributed by atoms with Crippen LogP contribution < -0.4 is 4.74 Å². The summed E-state index contributed by atoms with van der Waals surface area (Å²) in [5, 5.41) is 8.41. The van der Waals surface area contributed by atoms with E-state index in [9.17, 15) is 8.78 Å². The van der Waals surface area contributed by atoms with E-state index >= 15 is 0 Å². The van der Waals surface area contributed by atoms with E-state index in [1.807, 2.05) is 6.07 Å². The first kappa shape index (κ1) is 11.8. The molecule has 0 spiro atoms. The number of thiol groups is 1. The zero-order valence-electron chi connectivity index (χ0n) is 7.78. The molecule has 1 aromatic rings. The molecule has 5 heteroatoms. The van der Waals surface area contributed by atoms with E-state index in [2.05, 4.69) is 17.4 Å². The SMILES string of the molecule is N#CCCc1cccc(S)c1OC(F)F. The van der Waals surface area contributed by atoms with Crippen LogP contribution in [0.25, 0.3) is 0 Å². The van der Waals surface area contributed by atoms with Gasteiger partial charge in [0.25, 0.3) is 0 Å². The Balaban J connectivity index is 2.93. The van der Waals surface area contributed by atoms with Crippen LogP contribution >= 0.6 is 12.6 Å². The van der Waals surface area contributed by atoms with Gasteiger partial charge in [0.1, 0.15) is 5.75 Å². The fourth-order valence-corrected chi connectivity index (χ4v) is 1.47. The molecule has 0 aliphatic carbocycles. The zero-order valence-corrected chi connectivity index (χ0v) is 8.68. The minimum Gasteiger partial charge on any atom is -0.433 e. The second-order valence-electron chi connectivity index (χ2n) is 2.80. The van der Waals surface area contributed by atoms with Gasteiger partial charge in [-0.1, -0.05) is 12.1 Å². The Kier molecular flexibility index (Phi) is 4.37. The van der Waals surface area contributed by atoms with Crippen molar-refractivity contribution in [1.29, 1.82) is 5.26 Å². The van der Waals surface area contributed by atoms with Crippen LogP contribution in [-0.2, 0) is 6.42 Å². The predicted octanol–water partition coefficient (Wildman–Crippen LogP) is 3.03. The Bertz CT molecular complexity index is 376. The highest BCUT2D eigenvalue weighted by Crippen LogP contribution is 2.29. The van der Waals surface area contributed by atoms with E-state index in [1.54, 1.807) is 18.2 Å². The molecule has 0 heterocycles. The van der Waals surface area contributed by atoms with Gasteiger partial charge in [0, 0.05) is 11.3 Å². The number of rotatable bonds is 4. The van der Waals surface area contributed by atoms with E-state index in [4.69, 9.17) is 5.26 Å². The normalized spacial score (nSPS) is 10.1. The number of aryl methyl sites for hydroxylation is 1. The summed E-state index contributed by atoms with van der Waals surface area (Å²) in [5.41, 5.74) is 0.573. The van der Waals surface area contributed by atoms with E-state index < -0.39 is 6.61 Å². The largest absolute Gasteiger partial charge is 0.433 e. The predicted molar refractivity (Wildman–Crippen MR) is 54.3 cm³/mol. The summed E-state index contributed by atoms with van der Waals surface area (Å²) in [6, 6.07) is 6.85. The number of benzene rings is 1. The lowest BCUT2D eigenvalue weighted by Crippen LogP contribution is -2.05. The van der Waals surface area contributed by atoms with Crippen LogP contribution in [0.5, 0.6) is 5.75 Å². The molecule has 0 aliphatic rings. The summed E-state index contributed by atoms with van der Waals surface area (Å²) in [4.78, 5) is 0.353. The van der Waals surface area contributed by atoms with E-state index in [1.165, 1.54) is 0 Å². The fraction of sp³-hybridized carbons (Fsp3) is 0.300. The maximum atomic E-state index is 12.1. The minimum absolute atomic E-state index is 0.0612. The van der Waals surface area contributed by atoms with Gasteiger partial charge in [-0.05, 0) is 18.1 Å². The molecule has 0 atom stereocenters. The van der Waals surface area contributed by atoms with Gasteiger partial charge in [-0.15, -0.1) is 12.6 Å². The van der Waals surface area contributed by atoms with Crippen LogP contribution in [0.2, 0.25) is 0 Å². The molecule has 0 saturated carbocycles. The molecule has 80 valence electrons. The molecule has 1 aromatic carbocycles. The lowest BCUT2D eigenvalue weighted by molar-refractivity contribution is -0.0522. The van der Waals surface area contributed by atoms with E-state index in [0.717, 1.165) is 0 Å². The van der Waals surface area contributed by atoms with Gasteiger partial charge < -0.3 is 4.74 Å². The highest BCUT2D eigenvalue weighted by atomic mass is 32.1. The number of ether oxygens (including phenoxy) is 1. The average molecular weight is 229 g/mol. The monoisotopic (exact) mass is 229 g/mol. The van der Waals surface area contributed by atoms with Crippen molar-refractivity contribution in [2.24, 2.45) is 0 Å². The number of alkyl halides is 2. The first-order valence-corrected chi connectivity index (χ1v) is 4.72. The molecule has 1 rings (SSSR count).